The number of benzene rings is 2. The Kier molecular flexibility index (Phi) is 9.33. The van der Waals surface area contributed by atoms with Crippen LogP contribution in [0.3, 0.4) is 0 Å². The lowest BCUT2D eigenvalue weighted by Gasteiger charge is -2.38. The van der Waals surface area contributed by atoms with Crippen LogP contribution < -0.4 is 10.1 Å². The number of fused-ring (bicyclic) bond motifs is 1. The van der Waals surface area contributed by atoms with E-state index in [9.17, 15) is 9.59 Å². The number of carbonyl (C=O) groups is 2. The summed E-state index contributed by atoms with van der Waals surface area (Å²) in [5.41, 5.74) is 2.47. The summed E-state index contributed by atoms with van der Waals surface area (Å²) in [6.07, 6.45) is 5.65. The molecule has 1 aliphatic rings. The predicted molar refractivity (Wildman–Crippen MR) is 158 cm³/mol. The van der Waals surface area contributed by atoms with Crippen molar-refractivity contribution in [3.63, 3.8) is 0 Å². The third-order valence-corrected chi connectivity index (χ3v) is 8.28. The van der Waals surface area contributed by atoms with Crippen LogP contribution in [-0.2, 0) is 20.5 Å². The van der Waals surface area contributed by atoms with Gasteiger partial charge in [-0.1, -0.05) is 56.3 Å². The fourth-order valence-corrected chi connectivity index (χ4v) is 5.80. The van der Waals surface area contributed by atoms with Crippen LogP contribution in [0.2, 0.25) is 0 Å². The Balaban J connectivity index is 1.49. The van der Waals surface area contributed by atoms with Crippen LogP contribution in [0, 0.1) is 0 Å². The van der Waals surface area contributed by atoms with E-state index in [1.807, 2.05) is 22.9 Å². The molecule has 7 nitrogen and oxygen atoms in total. The average Bonchev–Trinajstić information content (AvgIpc) is 3.40. The minimum absolute atomic E-state index is 0.0984. The molecule has 1 aromatic heterocycles. The van der Waals surface area contributed by atoms with Crippen molar-refractivity contribution in [3.05, 3.63) is 77.5 Å². The van der Waals surface area contributed by atoms with Gasteiger partial charge in [-0.15, -0.1) is 0 Å². The summed E-state index contributed by atoms with van der Waals surface area (Å²) >= 11 is 0. The second-order valence-corrected chi connectivity index (χ2v) is 11.3. The van der Waals surface area contributed by atoms with Crippen LogP contribution in [0.4, 0.5) is 5.82 Å². The third kappa shape index (κ3) is 6.40. The molecule has 0 radical (unpaired) electrons. The molecule has 1 atom stereocenters. The van der Waals surface area contributed by atoms with Crippen molar-refractivity contribution in [2.45, 2.75) is 90.1 Å². The minimum Gasteiger partial charge on any atom is -0.494 e. The highest BCUT2D eigenvalue weighted by Crippen LogP contribution is 2.42. The van der Waals surface area contributed by atoms with Crippen molar-refractivity contribution >= 4 is 17.6 Å². The molecule has 0 bridgehead atoms. The molecule has 4 rings (SSSR count). The first-order valence-corrected chi connectivity index (χ1v) is 14.5. The molecule has 1 N–H and O–H groups in total. The summed E-state index contributed by atoms with van der Waals surface area (Å²) in [7, 11) is 0. The summed E-state index contributed by atoms with van der Waals surface area (Å²) in [6.45, 7) is 11.3. The first-order chi connectivity index (χ1) is 19.2. The van der Waals surface area contributed by atoms with Crippen LogP contribution in [0.25, 0.3) is 0 Å². The largest absolute Gasteiger partial charge is 0.494 e. The lowest BCUT2D eigenvalue weighted by Crippen LogP contribution is -2.38. The Morgan fingerprint density at radius 3 is 2.40 bits per heavy atom. The van der Waals surface area contributed by atoms with Gasteiger partial charge in [0.2, 0.25) is 0 Å². The fourth-order valence-electron chi connectivity index (χ4n) is 5.80. The van der Waals surface area contributed by atoms with Crippen LogP contribution in [0.5, 0.6) is 5.75 Å². The van der Waals surface area contributed by atoms with Crippen molar-refractivity contribution in [3.8, 4) is 5.75 Å². The monoisotopic (exact) mass is 545 g/mol. The number of Topliss-reactive ketones (excluding diaryl/α,β-unsaturated/α-hetero) is 1. The van der Waals surface area contributed by atoms with Gasteiger partial charge in [0.15, 0.2) is 5.78 Å². The number of esters is 1. The van der Waals surface area contributed by atoms with E-state index in [2.05, 4.69) is 74.5 Å². The summed E-state index contributed by atoms with van der Waals surface area (Å²) in [5, 5.41) is 8.31. The van der Waals surface area contributed by atoms with Gasteiger partial charge in [-0.05, 0) is 69.7 Å². The normalized spacial score (nSPS) is 16.1. The van der Waals surface area contributed by atoms with Gasteiger partial charge in [0, 0.05) is 18.3 Å². The fraction of sp³-hybridized carbons (Fsp3) is 0.485. The second kappa shape index (κ2) is 12.7. The van der Waals surface area contributed by atoms with Crippen LogP contribution >= 0.6 is 0 Å². The number of hydrogen-bond acceptors (Lipinski definition) is 6. The first-order valence-electron chi connectivity index (χ1n) is 14.5. The Morgan fingerprint density at radius 1 is 1.05 bits per heavy atom. The molecule has 0 fully saturated rings. The molecule has 0 amide bonds. The maximum absolute atomic E-state index is 13.9. The van der Waals surface area contributed by atoms with Crippen molar-refractivity contribution < 1.29 is 19.1 Å². The summed E-state index contributed by atoms with van der Waals surface area (Å²) in [5.74, 6) is 1.46. The average molecular weight is 546 g/mol. The van der Waals surface area contributed by atoms with Gasteiger partial charge in [0.05, 0.1) is 36.6 Å². The molecule has 2 aromatic carbocycles. The lowest BCUT2D eigenvalue weighted by atomic mass is 9.71. The molecule has 1 unspecified atom stereocenters. The summed E-state index contributed by atoms with van der Waals surface area (Å²) in [4.78, 5) is 25.5. The Hall–Kier alpha value is -3.61. The summed E-state index contributed by atoms with van der Waals surface area (Å²) < 4.78 is 12.8. The van der Waals surface area contributed by atoms with E-state index in [-0.39, 0.29) is 28.7 Å². The van der Waals surface area contributed by atoms with Gasteiger partial charge >= 0.3 is 5.97 Å². The van der Waals surface area contributed by atoms with Crippen molar-refractivity contribution in [1.29, 1.82) is 0 Å². The minimum atomic E-state index is -0.294. The van der Waals surface area contributed by atoms with Gasteiger partial charge in [0.25, 0.3) is 0 Å². The zero-order valence-corrected chi connectivity index (χ0v) is 24.5. The van der Waals surface area contributed by atoms with Crippen molar-refractivity contribution in [2.75, 3.05) is 18.5 Å². The standard InChI is InChI=1S/C33H43N3O4/c1-6-33(7-2,25-16-18-26(19-17-25)40-20-12-15-30(38)39-8-3)22-29(37)27-23-34-36-31(27)35-28(21-32(36,4)5)24-13-10-9-11-14-24/h9-11,13-14,16-19,23,28,35H,6-8,12,15,20-22H2,1-5H3. The second-order valence-electron chi connectivity index (χ2n) is 11.3. The van der Waals surface area contributed by atoms with E-state index in [0.29, 0.717) is 38.0 Å². The van der Waals surface area contributed by atoms with E-state index in [0.717, 1.165) is 36.4 Å². The Morgan fingerprint density at radius 2 is 1.75 bits per heavy atom. The number of ether oxygens (including phenoxy) is 2. The lowest BCUT2D eigenvalue weighted by molar-refractivity contribution is -0.143. The molecule has 1 aliphatic heterocycles. The predicted octanol–water partition coefficient (Wildman–Crippen LogP) is 7.23. The maximum atomic E-state index is 13.9. The van der Waals surface area contributed by atoms with Gasteiger partial charge < -0.3 is 14.8 Å². The molecule has 214 valence electrons. The topological polar surface area (TPSA) is 82.5 Å². The smallest absolute Gasteiger partial charge is 0.305 e. The number of nitrogens with zero attached hydrogens (tertiary/aromatic N) is 2. The van der Waals surface area contributed by atoms with Crippen LogP contribution in [0.15, 0.2) is 60.8 Å². The van der Waals surface area contributed by atoms with E-state index in [1.54, 1.807) is 13.1 Å². The molecule has 0 spiro atoms. The molecule has 3 aromatic rings. The highest BCUT2D eigenvalue weighted by molar-refractivity contribution is 6.01. The van der Waals surface area contributed by atoms with Gasteiger partial charge in [-0.2, -0.15) is 5.10 Å². The van der Waals surface area contributed by atoms with E-state index >= 15 is 0 Å². The zero-order valence-electron chi connectivity index (χ0n) is 24.5. The molecule has 0 saturated heterocycles. The van der Waals surface area contributed by atoms with Crippen molar-refractivity contribution in [1.82, 2.24) is 9.78 Å². The van der Waals surface area contributed by atoms with Gasteiger partial charge in [-0.3, -0.25) is 9.59 Å². The van der Waals surface area contributed by atoms with Gasteiger partial charge in [-0.25, -0.2) is 4.68 Å². The van der Waals surface area contributed by atoms with Crippen molar-refractivity contribution in [2.24, 2.45) is 0 Å². The molecule has 2 heterocycles. The summed E-state index contributed by atoms with van der Waals surface area (Å²) in [6, 6.07) is 18.6. The molecule has 0 aliphatic carbocycles. The Labute approximate surface area is 238 Å². The van der Waals surface area contributed by atoms with E-state index in [1.165, 1.54) is 5.56 Å². The first kappa shape index (κ1) is 29.4. The molecular formula is C33H43N3O4. The van der Waals surface area contributed by atoms with Crippen LogP contribution in [0.1, 0.15) is 101 Å². The van der Waals surface area contributed by atoms with Crippen LogP contribution in [-0.4, -0.2) is 34.7 Å². The number of carbonyl (C=O) groups excluding carboxylic acids is 2. The number of anilines is 1. The highest BCUT2D eigenvalue weighted by Gasteiger charge is 2.38. The highest BCUT2D eigenvalue weighted by atomic mass is 16.5. The molecule has 0 saturated carbocycles. The molecular weight excluding hydrogens is 502 g/mol. The van der Waals surface area contributed by atoms with Gasteiger partial charge in [0.1, 0.15) is 11.6 Å². The number of hydrogen-bond donors (Lipinski definition) is 1. The number of nitrogens with one attached hydrogen (secondary N) is 1. The number of ketones is 1. The number of rotatable bonds is 13. The number of aromatic nitrogens is 2. The quantitative estimate of drug-likeness (QED) is 0.139. The maximum Gasteiger partial charge on any atom is 0.305 e. The molecule has 40 heavy (non-hydrogen) atoms. The zero-order chi connectivity index (χ0) is 28.8. The molecule has 7 heteroatoms. The SMILES string of the molecule is CCOC(=O)CCCOc1ccc(C(CC)(CC)CC(=O)c2cnn3c2NC(c2ccccc2)CC3(C)C)cc1. The third-order valence-electron chi connectivity index (χ3n) is 8.28. The van der Waals surface area contributed by atoms with E-state index < -0.39 is 0 Å². The Bertz CT molecular complexity index is 1280. The van der Waals surface area contributed by atoms with E-state index in [4.69, 9.17) is 9.47 Å².